The third kappa shape index (κ3) is 1.36. The van der Waals surface area contributed by atoms with E-state index >= 15 is 0 Å². The number of hydrogen-bond donors (Lipinski definition) is 2. The standard InChI is InChI=1S/C11H10N2O2S/c14-8-3-1-2-7(4-8)13-11(15)9-5-16-6-10(9)12-13/h1-4,12,14H,5-6H2. The molecule has 0 saturated carbocycles. The minimum atomic E-state index is -0.00870. The molecule has 0 radical (unpaired) electrons. The molecule has 16 heavy (non-hydrogen) atoms. The number of phenols is 1. The molecule has 1 aliphatic rings. The van der Waals surface area contributed by atoms with Crippen molar-refractivity contribution in [3.8, 4) is 11.4 Å². The van der Waals surface area contributed by atoms with Crippen molar-refractivity contribution in [1.82, 2.24) is 9.78 Å². The summed E-state index contributed by atoms with van der Waals surface area (Å²) in [5, 5.41) is 12.5. The lowest BCUT2D eigenvalue weighted by molar-refractivity contribution is 0.474. The summed E-state index contributed by atoms with van der Waals surface area (Å²) in [7, 11) is 0. The molecular formula is C11H10N2O2S. The molecule has 0 spiro atoms. The number of hydrogen-bond acceptors (Lipinski definition) is 3. The molecule has 0 unspecified atom stereocenters. The second-order valence-electron chi connectivity index (χ2n) is 3.72. The largest absolute Gasteiger partial charge is 0.508 e. The Balaban J connectivity index is 2.18. The van der Waals surface area contributed by atoms with Crippen molar-refractivity contribution in [3.05, 3.63) is 45.9 Å². The quantitative estimate of drug-likeness (QED) is 0.788. The lowest BCUT2D eigenvalue weighted by atomic mass is 10.3. The van der Waals surface area contributed by atoms with Gasteiger partial charge in [0.2, 0.25) is 0 Å². The summed E-state index contributed by atoms with van der Waals surface area (Å²) in [6.07, 6.45) is 0. The number of phenolic OH excluding ortho intramolecular Hbond substituents is 1. The van der Waals surface area contributed by atoms with Crippen molar-refractivity contribution in [1.29, 1.82) is 0 Å². The van der Waals surface area contributed by atoms with Gasteiger partial charge in [-0.1, -0.05) is 6.07 Å². The van der Waals surface area contributed by atoms with Crippen LogP contribution in [0.25, 0.3) is 5.69 Å². The van der Waals surface area contributed by atoms with Crippen LogP contribution >= 0.6 is 11.8 Å². The Labute approximate surface area is 95.9 Å². The molecular weight excluding hydrogens is 224 g/mol. The van der Waals surface area contributed by atoms with Gasteiger partial charge in [0.05, 0.1) is 16.9 Å². The van der Waals surface area contributed by atoms with Crippen LogP contribution in [-0.2, 0) is 11.5 Å². The Morgan fingerprint density at radius 2 is 2.25 bits per heavy atom. The molecule has 0 aliphatic carbocycles. The average Bonchev–Trinajstić information content (AvgIpc) is 2.82. The molecule has 0 bridgehead atoms. The molecule has 1 aliphatic heterocycles. The Morgan fingerprint density at radius 3 is 3.00 bits per heavy atom. The molecule has 1 aromatic carbocycles. The van der Waals surface area contributed by atoms with E-state index in [9.17, 15) is 9.90 Å². The highest BCUT2D eigenvalue weighted by atomic mass is 32.2. The molecule has 0 fully saturated rings. The van der Waals surface area contributed by atoms with E-state index in [0.29, 0.717) is 5.69 Å². The first kappa shape index (κ1) is 9.59. The number of aromatic amines is 1. The predicted molar refractivity (Wildman–Crippen MR) is 63.1 cm³/mol. The molecule has 5 heteroatoms. The van der Waals surface area contributed by atoms with Crippen LogP contribution in [-0.4, -0.2) is 14.9 Å². The second-order valence-corrected chi connectivity index (χ2v) is 4.71. The number of thioether (sulfide) groups is 1. The fourth-order valence-electron chi connectivity index (χ4n) is 1.85. The van der Waals surface area contributed by atoms with Gasteiger partial charge in [-0.05, 0) is 12.1 Å². The number of aromatic nitrogens is 2. The van der Waals surface area contributed by atoms with Crippen molar-refractivity contribution in [2.75, 3.05) is 0 Å². The maximum absolute atomic E-state index is 12.0. The molecule has 2 N–H and O–H groups in total. The summed E-state index contributed by atoms with van der Waals surface area (Å²) in [5.41, 5.74) is 2.52. The lowest BCUT2D eigenvalue weighted by Crippen LogP contribution is -2.16. The minimum Gasteiger partial charge on any atom is -0.508 e. The normalized spacial score (nSPS) is 14.0. The van der Waals surface area contributed by atoms with Crippen molar-refractivity contribution in [2.45, 2.75) is 11.5 Å². The summed E-state index contributed by atoms with van der Waals surface area (Å²) >= 11 is 1.74. The van der Waals surface area contributed by atoms with E-state index in [1.165, 1.54) is 4.68 Å². The fourth-order valence-corrected chi connectivity index (χ4v) is 2.90. The molecule has 82 valence electrons. The SMILES string of the molecule is O=c1c2c([nH]n1-c1cccc(O)c1)CSC2. The zero-order valence-electron chi connectivity index (χ0n) is 8.43. The zero-order chi connectivity index (χ0) is 11.1. The fraction of sp³-hybridized carbons (Fsp3) is 0.182. The average molecular weight is 234 g/mol. The number of nitrogens with zero attached hydrogens (tertiary/aromatic N) is 1. The van der Waals surface area contributed by atoms with Crippen molar-refractivity contribution in [3.63, 3.8) is 0 Å². The number of rotatable bonds is 1. The van der Waals surface area contributed by atoms with Gasteiger partial charge in [0.25, 0.3) is 5.56 Å². The topological polar surface area (TPSA) is 58.0 Å². The first-order valence-corrected chi connectivity index (χ1v) is 6.11. The molecule has 0 saturated heterocycles. The summed E-state index contributed by atoms with van der Waals surface area (Å²) in [6, 6.07) is 6.67. The van der Waals surface area contributed by atoms with Gasteiger partial charge in [0.15, 0.2) is 0 Å². The predicted octanol–water partition coefficient (Wildman–Crippen LogP) is 1.62. The van der Waals surface area contributed by atoms with Gasteiger partial charge in [-0.15, -0.1) is 0 Å². The zero-order valence-corrected chi connectivity index (χ0v) is 9.25. The number of H-pyrrole nitrogens is 1. The Kier molecular flexibility index (Phi) is 2.07. The molecule has 0 atom stereocenters. The maximum Gasteiger partial charge on any atom is 0.275 e. The number of aromatic hydroxyl groups is 1. The third-order valence-corrected chi connectivity index (χ3v) is 3.64. The number of benzene rings is 1. The summed E-state index contributed by atoms with van der Waals surface area (Å²) in [6.45, 7) is 0. The van der Waals surface area contributed by atoms with Crippen LogP contribution < -0.4 is 5.56 Å². The van der Waals surface area contributed by atoms with Crippen LogP contribution in [0.1, 0.15) is 11.3 Å². The van der Waals surface area contributed by atoms with Crippen molar-refractivity contribution < 1.29 is 5.11 Å². The Hall–Kier alpha value is -1.62. The van der Waals surface area contributed by atoms with E-state index in [1.54, 1.807) is 36.0 Å². The molecule has 0 amide bonds. The third-order valence-electron chi connectivity index (χ3n) is 2.65. The highest BCUT2D eigenvalue weighted by molar-refractivity contribution is 7.98. The lowest BCUT2D eigenvalue weighted by Gasteiger charge is -2.02. The van der Waals surface area contributed by atoms with Crippen LogP contribution in [0, 0.1) is 0 Å². The van der Waals surface area contributed by atoms with Crippen LogP contribution in [0.3, 0.4) is 0 Å². The van der Waals surface area contributed by atoms with E-state index in [4.69, 9.17) is 0 Å². The van der Waals surface area contributed by atoms with Crippen LogP contribution in [0.15, 0.2) is 29.1 Å². The molecule has 2 aromatic rings. The van der Waals surface area contributed by atoms with E-state index < -0.39 is 0 Å². The van der Waals surface area contributed by atoms with E-state index in [1.807, 2.05) is 0 Å². The van der Waals surface area contributed by atoms with E-state index in [0.717, 1.165) is 22.8 Å². The first-order valence-electron chi connectivity index (χ1n) is 4.95. The van der Waals surface area contributed by atoms with Gasteiger partial charge in [-0.25, -0.2) is 4.68 Å². The Bertz CT molecular complexity index is 600. The van der Waals surface area contributed by atoms with Crippen LogP contribution in [0.5, 0.6) is 5.75 Å². The number of fused-ring (bicyclic) bond motifs is 1. The second kappa shape index (κ2) is 3.45. The Morgan fingerprint density at radius 1 is 1.38 bits per heavy atom. The van der Waals surface area contributed by atoms with Gasteiger partial charge in [-0.3, -0.25) is 9.89 Å². The maximum atomic E-state index is 12.0. The van der Waals surface area contributed by atoms with E-state index in [-0.39, 0.29) is 11.3 Å². The molecule has 3 rings (SSSR count). The van der Waals surface area contributed by atoms with Gasteiger partial charge >= 0.3 is 0 Å². The highest BCUT2D eigenvalue weighted by Crippen LogP contribution is 2.26. The van der Waals surface area contributed by atoms with Crippen LogP contribution in [0.4, 0.5) is 0 Å². The first-order chi connectivity index (χ1) is 7.75. The van der Waals surface area contributed by atoms with Crippen molar-refractivity contribution in [2.24, 2.45) is 0 Å². The molecule has 4 nitrogen and oxygen atoms in total. The minimum absolute atomic E-state index is 0.00870. The van der Waals surface area contributed by atoms with Gasteiger partial charge in [0, 0.05) is 17.6 Å². The highest BCUT2D eigenvalue weighted by Gasteiger charge is 2.20. The summed E-state index contributed by atoms with van der Waals surface area (Å²) < 4.78 is 1.49. The monoisotopic (exact) mass is 234 g/mol. The van der Waals surface area contributed by atoms with Crippen molar-refractivity contribution >= 4 is 11.8 Å². The summed E-state index contributed by atoms with van der Waals surface area (Å²) in [5.74, 6) is 1.79. The molecule has 1 aromatic heterocycles. The van der Waals surface area contributed by atoms with Gasteiger partial charge < -0.3 is 5.11 Å². The van der Waals surface area contributed by atoms with Gasteiger partial charge in [0.1, 0.15) is 5.75 Å². The smallest absolute Gasteiger partial charge is 0.275 e. The molecule has 2 heterocycles. The van der Waals surface area contributed by atoms with Gasteiger partial charge in [-0.2, -0.15) is 11.8 Å². The number of nitrogens with one attached hydrogen (secondary N) is 1. The van der Waals surface area contributed by atoms with E-state index in [2.05, 4.69) is 5.10 Å². The van der Waals surface area contributed by atoms with Crippen LogP contribution in [0.2, 0.25) is 0 Å². The summed E-state index contributed by atoms with van der Waals surface area (Å²) in [4.78, 5) is 12.0.